The Morgan fingerprint density at radius 3 is 1.19 bits per heavy atom. The maximum Gasteiger partial charge on any atom is 0.0390 e. The highest BCUT2D eigenvalue weighted by Gasteiger charge is 2.04. The smallest absolute Gasteiger partial charge is 0.0390 e. The van der Waals surface area contributed by atoms with E-state index < -0.39 is 0 Å². The van der Waals surface area contributed by atoms with Crippen LogP contribution in [0.15, 0.2) is 146 Å². The summed E-state index contributed by atoms with van der Waals surface area (Å²) in [6.45, 7) is 4.31. The van der Waals surface area contributed by atoms with Crippen LogP contribution in [-0.4, -0.2) is 0 Å². The first kappa shape index (κ1) is 26.9. The number of anilines is 4. The Balaban J connectivity index is 1.08. The maximum atomic E-state index is 3.54. The normalized spacial score (nSPS) is 11.0. The summed E-state index contributed by atoms with van der Waals surface area (Å²) in [6.07, 6.45) is 4.30. The van der Waals surface area contributed by atoms with Crippen LogP contribution >= 0.6 is 0 Å². The number of hydrogen-bond acceptors (Lipinski definition) is 2. The van der Waals surface area contributed by atoms with Crippen molar-refractivity contribution >= 4 is 34.9 Å². The van der Waals surface area contributed by atoms with Gasteiger partial charge in [0, 0.05) is 22.7 Å². The lowest BCUT2D eigenvalue weighted by atomic mass is 10.0. The van der Waals surface area contributed by atoms with Gasteiger partial charge in [-0.15, -0.1) is 0 Å². The highest BCUT2D eigenvalue weighted by Crippen LogP contribution is 2.29. The molecular weight excluding hydrogens is 508 g/mol. The van der Waals surface area contributed by atoms with Gasteiger partial charge in [0.1, 0.15) is 0 Å². The summed E-state index contributed by atoms with van der Waals surface area (Å²) in [5.41, 5.74) is 14.1. The van der Waals surface area contributed by atoms with E-state index in [1.807, 2.05) is 0 Å². The fraction of sp³-hybridized carbons (Fsp3) is 0.0500. The number of rotatable bonds is 8. The second-order valence-electron chi connectivity index (χ2n) is 10.6. The van der Waals surface area contributed by atoms with Gasteiger partial charge in [0.2, 0.25) is 0 Å². The lowest BCUT2D eigenvalue weighted by molar-refractivity contribution is 1.45. The van der Waals surface area contributed by atoms with Crippen molar-refractivity contribution in [1.82, 2.24) is 0 Å². The van der Waals surface area contributed by atoms with Crippen LogP contribution in [0.2, 0.25) is 0 Å². The molecule has 0 atom stereocenters. The standard InChI is InChI=1S/C40H34N2/c1-29-9-3-5-15-39(29)33-11-7-13-37(27-33)41-35-23-19-31(20-24-35)17-18-32-21-25-36(26-22-32)42-38-14-8-12-34(28-38)40-16-6-4-10-30(40)2/h3-28,41-42H,1-2H3. The van der Waals surface area contributed by atoms with E-state index in [4.69, 9.17) is 0 Å². The summed E-state index contributed by atoms with van der Waals surface area (Å²) >= 11 is 0. The lowest BCUT2D eigenvalue weighted by Gasteiger charge is -2.11. The molecule has 0 aromatic heterocycles. The minimum Gasteiger partial charge on any atom is -0.356 e. The van der Waals surface area contributed by atoms with Crippen molar-refractivity contribution in [2.45, 2.75) is 13.8 Å². The van der Waals surface area contributed by atoms with Crippen molar-refractivity contribution in [1.29, 1.82) is 0 Å². The molecule has 6 aromatic rings. The van der Waals surface area contributed by atoms with E-state index in [1.54, 1.807) is 0 Å². The summed E-state index contributed by atoms with van der Waals surface area (Å²) in [7, 11) is 0. The summed E-state index contributed by atoms with van der Waals surface area (Å²) in [6, 6.07) is 51.2. The molecule has 42 heavy (non-hydrogen) atoms. The van der Waals surface area contributed by atoms with Crippen molar-refractivity contribution in [2.75, 3.05) is 10.6 Å². The molecule has 2 N–H and O–H groups in total. The highest BCUT2D eigenvalue weighted by atomic mass is 14.9. The zero-order chi connectivity index (χ0) is 28.7. The molecule has 204 valence electrons. The van der Waals surface area contributed by atoms with Crippen LogP contribution in [0.4, 0.5) is 22.7 Å². The fourth-order valence-electron chi connectivity index (χ4n) is 5.20. The molecule has 0 aliphatic rings. The predicted molar refractivity (Wildman–Crippen MR) is 182 cm³/mol. The molecule has 6 rings (SSSR count). The Bertz CT molecular complexity index is 1690. The number of hydrogen-bond donors (Lipinski definition) is 2. The first-order chi connectivity index (χ1) is 20.6. The summed E-state index contributed by atoms with van der Waals surface area (Å²) in [5.74, 6) is 0. The van der Waals surface area contributed by atoms with E-state index >= 15 is 0 Å². The maximum absolute atomic E-state index is 3.54. The van der Waals surface area contributed by atoms with Crippen molar-refractivity contribution in [3.63, 3.8) is 0 Å². The summed E-state index contributed by atoms with van der Waals surface area (Å²) in [5, 5.41) is 7.09. The molecule has 2 nitrogen and oxygen atoms in total. The van der Waals surface area contributed by atoms with Gasteiger partial charge in [0.05, 0.1) is 0 Å². The van der Waals surface area contributed by atoms with Crippen LogP contribution in [-0.2, 0) is 0 Å². The van der Waals surface area contributed by atoms with E-state index in [1.165, 1.54) is 33.4 Å². The predicted octanol–water partition coefficient (Wildman–Crippen LogP) is 11.3. The fourth-order valence-corrected chi connectivity index (χ4v) is 5.20. The van der Waals surface area contributed by atoms with Crippen LogP contribution in [0.3, 0.4) is 0 Å². The average molecular weight is 543 g/mol. The van der Waals surface area contributed by atoms with E-state index in [9.17, 15) is 0 Å². The quantitative estimate of drug-likeness (QED) is 0.187. The molecule has 0 radical (unpaired) electrons. The van der Waals surface area contributed by atoms with Gasteiger partial charge in [-0.3, -0.25) is 0 Å². The van der Waals surface area contributed by atoms with Gasteiger partial charge in [-0.25, -0.2) is 0 Å². The molecule has 0 fully saturated rings. The van der Waals surface area contributed by atoms with Crippen molar-refractivity contribution in [3.05, 3.63) is 168 Å². The minimum atomic E-state index is 1.07. The third-order valence-corrected chi connectivity index (χ3v) is 7.50. The lowest BCUT2D eigenvalue weighted by Crippen LogP contribution is -1.91. The SMILES string of the molecule is Cc1ccccc1-c1cccc(Nc2ccc(C=Cc3ccc(Nc4cccc(-c5ccccc5C)c4)cc3)cc2)c1. The Morgan fingerprint density at radius 1 is 0.381 bits per heavy atom. The molecule has 2 heteroatoms. The molecule has 0 amide bonds. The minimum absolute atomic E-state index is 1.07. The van der Waals surface area contributed by atoms with Crippen LogP contribution in [0, 0.1) is 13.8 Å². The Labute approximate surface area is 249 Å². The van der Waals surface area contributed by atoms with Gasteiger partial charge in [0.25, 0.3) is 0 Å². The van der Waals surface area contributed by atoms with Crippen molar-refractivity contribution in [3.8, 4) is 22.3 Å². The number of benzene rings is 6. The van der Waals surface area contributed by atoms with E-state index in [0.29, 0.717) is 0 Å². The first-order valence-corrected chi connectivity index (χ1v) is 14.4. The first-order valence-electron chi connectivity index (χ1n) is 14.4. The van der Waals surface area contributed by atoms with E-state index in [0.717, 1.165) is 33.9 Å². The molecule has 0 spiro atoms. The van der Waals surface area contributed by atoms with E-state index in [2.05, 4.69) is 182 Å². The van der Waals surface area contributed by atoms with Gasteiger partial charge in [0.15, 0.2) is 0 Å². The average Bonchev–Trinajstić information content (AvgIpc) is 3.02. The monoisotopic (exact) mass is 542 g/mol. The molecule has 0 unspecified atom stereocenters. The van der Waals surface area contributed by atoms with E-state index in [-0.39, 0.29) is 0 Å². The molecule has 0 saturated carbocycles. The highest BCUT2D eigenvalue weighted by molar-refractivity contribution is 5.76. The largest absolute Gasteiger partial charge is 0.356 e. The van der Waals surface area contributed by atoms with Gasteiger partial charge >= 0.3 is 0 Å². The molecule has 0 bridgehead atoms. The van der Waals surface area contributed by atoms with Crippen LogP contribution < -0.4 is 10.6 Å². The Kier molecular flexibility index (Phi) is 7.96. The molecule has 0 aliphatic heterocycles. The zero-order valence-electron chi connectivity index (χ0n) is 24.0. The van der Waals surface area contributed by atoms with Crippen molar-refractivity contribution in [2.24, 2.45) is 0 Å². The Hall–Kier alpha value is -5.34. The Morgan fingerprint density at radius 2 is 0.786 bits per heavy atom. The van der Waals surface area contributed by atoms with Gasteiger partial charge in [-0.2, -0.15) is 0 Å². The molecule has 0 heterocycles. The van der Waals surface area contributed by atoms with Gasteiger partial charge in [-0.1, -0.05) is 109 Å². The third kappa shape index (κ3) is 6.51. The second kappa shape index (κ2) is 12.4. The second-order valence-corrected chi connectivity index (χ2v) is 10.6. The molecule has 0 saturated heterocycles. The number of nitrogens with one attached hydrogen (secondary N) is 2. The summed E-state index contributed by atoms with van der Waals surface area (Å²) in [4.78, 5) is 0. The van der Waals surface area contributed by atoms with Crippen LogP contribution in [0.5, 0.6) is 0 Å². The van der Waals surface area contributed by atoms with Gasteiger partial charge in [-0.05, 0) is 107 Å². The third-order valence-electron chi connectivity index (χ3n) is 7.50. The number of aryl methyl sites for hydroxylation is 2. The molecular formula is C40H34N2. The van der Waals surface area contributed by atoms with Crippen LogP contribution in [0.25, 0.3) is 34.4 Å². The summed E-state index contributed by atoms with van der Waals surface area (Å²) < 4.78 is 0. The molecule has 6 aromatic carbocycles. The van der Waals surface area contributed by atoms with Crippen molar-refractivity contribution < 1.29 is 0 Å². The van der Waals surface area contributed by atoms with Gasteiger partial charge < -0.3 is 10.6 Å². The van der Waals surface area contributed by atoms with Crippen LogP contribution in [0.1, 0.15) is 22.3 Å². The zero-order valence-corrected chi connectivity index (χ0v) is 24.0. The molecule has 0 aliphatic carbocycles. The topological polar surface area (TPSA) is 24.1 Å².